The second-order valence-corrected chi connectivity index (χ2v) is 7.26. The van der Waals surface area contributed by atoms with E-state index < -0.39 is 0 Å². The summed E-state index contributed by atoms with van der Waals surface area (Å²) in [6.07, 6.45) is 6.01. The van der Waals surface area contributed by atoms with Crippen LogP contribution in [0, 0.1) is 5.92 Å². The van der Waals surface area contributed by atoms with Crippen molar-refractivity contribution in [3.8, 4) is 0 Å². The molecule has 2 heteroatoms. The van der Waals surface area contributed by atoms with E-state index in [0.29, 0.717) is 24.0 Å². The number of para-hydroxylation sites is 1. The highest BCUT2D eigenvalue weighted by atomic mass is 15.3. The maximum Gasteiger partial charge on any atom is 0.0706 e. The largest absolute Gasteiger partial charge is 0.281 e. The molecule has 25 heavy (non-hydrogen) atoms. The Hall–Kier alpha value is -2.45. The highest BCUT2D eigenvalue weighted by molar-refractivity contribution is 5.78. The maximum absolute atomic E-state index is 5.03. The number of aromatic nitrogens is 1. The average Bonchev–Trinajstić information content (AvgIpc) is 3.29. The Labute approximate surface area is 148 Å². The van der Waals surface area contributed by atoms with Crippen molar-refractivity contribution in [2.24, 2.45) is 5.92 Å². The molecule has 2 heterocycles. The summed E-state index contributed by atoms with van der Waals surface area (Å²) in [6, 6.07) is 25.0. The van der Waals surface area contributed by atoms with E-state index in [2.05, 4.69) is 90.7 Å². The number of benzene rings is 2. The topological polar surface area (TPSA) is 16.1 Å². The first-order chi connectivity index (χ1) is 12.3. The molecular weight excluding hydrogens is 304 g/mol. The van der Waals surface area contributed by atoms with Crippen molar-refractivity contribution in [1.29, 1.82) is 0 Å². The number of likely N-dealkylation sites (tertiary alicyclic amines) is 1. The molecule has 0 amide bonds. The lowest BCUT2D eigenvalue weighted by Gasteiger charge is -2.37. The molecular formula is C23H22N2. The summed E-state index contributed by atoms with van der Waals surface area (Å²) in [5, 5.41) is 1.22. The van der Waals surface area contributed by atoms with Gasteiger partial charge in [0.15, 0.2) is 0 Å². The molecule has 2 aromatic carbocycles. The predicted octanol–water partition coefficient (Wildman–Crippen LogP) is 5.30. The minimum absolute atomic E-state index is 0.370. The zero-order valence-electron chi connectivity index (χ0n) is 14.4. The molecule has 0 unspecified atom stereocenters. The van der Waals surface area contributed by atoms with Gasteiger partial charge in [-0.1, -0.05) is 66.7 Å². The van der Waals surface area contributed by atoms with Gasteiger partial charge in [0, 0.05) is 17.5 Å². The lowest BCUT2D eigenvalue weighted by atomic mass is 9.95. The molecule has 1 fully saturated rings. The molecule has 1 aliphatic heterocycles. The van der Waals surface area contributed by atoms with Crippen LogP contribution in [0.1, 0.15) is 36.7 Å². The zero-order chi connectivity index (χ0) is 16.8. The Morgan fingerprint density at radius 2 is 1.72 bits per heavy atom. The van der Waals surface area contributed by atoms with Gasteiger partial charge < -0.3 is 0 Å². The van der Waals surface area contributed by atoms with Crippen molar-refractivity contribution in [3.63, 3.8) is 0 Å². The Bertz CT molecular complexity index is 931. The second kappa shape index (κ2) is 5.82. The fourth-order valence-electron chi connectivity index (χ4n) is 4.64. The third-order valence-corrected chi connectivity index (χ3v) is 5.86. The number of rotatable bonds is 3. The van der Waals surface area contributed by atoms with E-state index in [9.17, 15) is 0 Å². The van der Waals surface area contributed by atoms with Crippen molar-refractivity contribution in [2.45, 2.75) is 31.5 Å². The molecule has 2 aliphatic rings. The number of pyridine rings is 1. The number of hydrogen-bond donors (Lipinski definition) is 0. The first kappa shape index (κ1) is 14.9. The van der Waals surface area contributed by atoms with Gasteiger partial charge in [-0.05, 0) is 37.0 Å². The number of hydrogen-bond acceptors (Lipinski definition) is 2. The van der Waals surface area contributed by atoms with Crippen LogP contribution < -0.4 is 0 Å². The highest BCUT2D eigenvalue weighted by Gasteiger charge is 2.46. The van der Waals surface area contributed by atoms with Crippen molar-refractivity contribution >= 4 is 10.9 Å². The van der Waals surface area contributed by atoms with Crippen LogP contribution in [0.25, 0.3) is 10.9 Å². The van der Waals surface area contributed by atoms with E-state index in [1.165, 1.54) is 23.1 Å². The van der Waals surface area contributed by atoms with Gasteiger partial charge in [-0.2, -0.15) is 0 Å². The Kier molecular flexibility index (Phi) is 3.46. The molecule has 2 bridgehead atoms. The minimum Gasteiger partial charge on any atom is -0.281 e. The van der Waals surface area contributed by atoms with E-state index >= 15 is 0 Å². The SMILES string of the molecule is C[C@@H](c1ccccc1)N1[C@@H]2C=C[C@@H](C2)[C@@H]1c1ccc2ccccc2n1. The van der Waals surface area contributed by atoms with Gasteiger partial charge in [0.25, 0.3) is 0 Å². The predicted molar refractivity (Wildman–Crippen MR) is 102 cm³/mol. The van der Waals surface area contributed by atoms with Crippen LogP contribution in [-0.4, -0.2) is 15.9 Å². The van der Waals surface area contributed by atoms with Crippen LogP contribution in [0.15, 0.2) is 78.9 Å². The maximum atomic E-state index is 5.03. The van der Waals surface area contributed by atoms with Gasteiger partial charge in [-0.25, -0.2) is 0 Å². The lowest BCUT2D eigenvalue weighted by molar-refractivity contribution is 0.142. The van der Waals surface area contributed by atoms with E-state index in [1.54, 1.807) is 0 Å². The first-order valence-corrected chi connectivity index (χ1v) is 9.18. The Morgan fingerprint density at radius 1 is 0.920 bits per heavy atom. The first-order valence-electron chi connectivity index (χ1n) is 9.18. The molecule has 1 saturated heterocycles. The summed E-state index contributed by atoms with van der Waals surface area (Å²) in [5.74, 6) is 0.574. The summed E-state index contributed by atoms with van der Waals surface area (Å²) in [7, 11) is 0. The van der Waals surface area contributed by atoms with Crippen molar-refractivity contribution < 1.29 is 0 Å². The van der Waals surface area contributed by atoms with Crippen LogP contribution >= 0.6 is 0 Å². The third-order valence-electron chi connectivity index (χ3n) is 5.86. The van der Waals surface area contributed by atoms with E-state index in [4.69, 9.17) is 4.98 Å². The molecule has 0 N–H and O–H groups in total. The van der Waals surface area contributed by atoms with Crippen molar-refractivity contribution in [3.05, 3.63) is 90.1 Å². The number of fused-ring (bicyclic) bond motifs is 3. The monoisotopic (exact) mass is 326 g/mol. The van der Waals surface area contributed by atoms with Crippen LogP contribution in [0.3, 0.4) is 0 Å². The van der Waals surface area contributed by atoms with E-state index in [0.717, 1.165) is 5.52 Å². The normalized spacial score (nSPS) is 26.4. The fourth-order valence-corrected chi connectivity index (χ4v) is 4.64. The number of nitrogens with zero attached hydrogens (tertiary/aromatic N) is 2. The molecule has 2 nitrogen and oxygen atoms in total. The molecule has 4 atom stereocenters. The summed E-state index contributed by atoms with van der Waals surface area (Å²) in [6.45, 7) is 2.33. The Morgan fingerprint density at radius 3 is 2.60 bits per heavy atom. The molecule has 5 rings (SSSR count). The molecule has 0 spiro atoms. The van der Waals surface area contributed by atoms with Gasteiger partial charge in [0.05, 0.1) is 17.3 Å². The molecule has 124 valence electrons. The summed E-state index contributed by atoms with van der Waals surface area (Å²) in [5.41, 5.74) is 3.69. The van der Waals surface area contributed by atoms with Gasteiger partial charge in [0.2, 0.25) is 0 Å². The van der Waals surface area contributed by atoms with Crippen LogP contribution in [0.5, 0.6) is 0 Å². The minimum atomic E-state index is 0.370. The summed E-state index contributed by atoms with van der Waals surface area (Å²) >= 11 is 0. The van der Waals surface area contributed by atoms with Crippen LogP contribution in [-0.2, 0) is 0 Å². The van der Waals surface area contributed by atoms with Gasteiger partial charge in [0.1, 0.15) is 0 Å². The van der Waals surface area contributed by atoms with E-state index in [1.807, 2.05) is 0 Å². The van der Waals surface area contributed by atoms with Gasteiger partial charge in [-0.3, -0.25) is 9.88 Å². The third kappa shape index (κ3) is 2.40. The smallest absolute Gasteiger partial charge is 0.0706 e. The molecule has 1 aromatic heterocycles. The quantitative estimate of drug-likeness (QED) is 0.607. The van der Waals surface area contributed by atoms with Crippen LogP contribution in [0.4, 0.5) is 0 Å². The summed E-state index contributed by atoms with van der Waals surface area (Å²) in [4.78, 5) is 7.69. The second-order valence-electron chi connectivity index (χ2n) is 7.26. The van der Waals surface area contributed by atoms with Gasteiger partial charge >= 0.3 is 0 Å². The van der Waals surface area contributed by atoms with E-state index in [-0.39, 0.29) is 0 Å². The van der Waals surface area contributed by atoms with Gasteiger partial charge in [-0.15, -0.1) is 0 Å². The average molecular weight is 326 g/mol. The van der Waals surface area contributed by atoms with Crippen molar-refractivity contribution in [2.75, 3.05) is 0 Å². The highest BCUT2D eigenvalue weighted by Crippen LogP contribution is 2.49. The van der Waals surface area contributed by atoms with Crippen LogP contribution in [0.2, 0.25) is 0 Å². The van der Waals surface area contributed by atoms with Crippen molar-refractivity contribution in [1.82, 2.24) is 9.88 Å². The molecule has 0 saturated carbocycles. The molecule has 0 radical (unpaired) electrons. The fraction of sp³-hybridized carbons (Fsp3) is 0.261. The molecule has 1 aliphatic carbocycles. The zero-order valence-corrected chi connectivity index (χ0v) is 14.4. The standard InChI is InChI=1S/C23H22N2/c1-16(17-7-3-2-4-8-17)25-20-13-11-19(15-20)23(25)22-14-12-18-9-5-6-10-21(18)24-22/h2-14,16,19-20,23H,15H2,1H3/t16-,19-,20+,23+/m0/s1. The summed E-state index contributed by atoms with van der Waals surface area (Å²) < 4.78 is 0. The Balaban J connectivity index is 1.57. The molecule has 3 aromatic rings. The lowest BCUT2D eigenvalue weighted by Crippen LogP contribution is -2.35.